The van der Waals surface area contributed by atoms with E-state index in [0.29, 0.717) is 11.3 Å². The summed E-state index contributed by atoms with van der Waals surface area (Å²) in [6.45, 7) is 0. The van der Waals surface area contributed by atoms with Gasteiger partial charge in [0.1, 0.15) is 5.75 Å². The molecule has 1 heterocycles. The molecule has 1 N–H and O–H groups in total. The molecule has 2 aromatic carbocycles. The van der Waals surface area contributed by atoms with E-state index in [1.807, 2.05) is 24.3 Å². The average Bonchev–Trinajstić information content (AvgIpc) is 2.53. The fourth-order valence-electron chi connectivity index (χ4n) is 2.22. The van der Waals surface area contributed by atoms with Gasteiger partial charge >= 0.3 is 0 Å². The Kier molecular flexibility index (Phi) is 3.28. The lowest BCUT2D eigenvalue weighted by Gasteiger charge is -2.17. The molecular weight excluding hydrogens is 264 g/mol. The summed E-state index contributed by atoms with van der Waals surface area (Å²) < 4.78 is 0. The Morgan fingerprint density at radius 2 is 1.95 bits per heavy atom. The number of carbonyl (C=O) groups excluding carboxylic acids is 1. The summed E-state index contributed by atoms with van der Waals surface area (Å²) in [6.07, 6.45) is 1.72. The van der Waals surface area contributed by atoms with Crippen molar-refractivity contribution in [3.05, 3.63) is 66.4 Å². The minimum Gasteiger partial charge on any atom is -0.508 e. The molecule has 4 nitrogen and oxygen atoms in total. The third-order valence-electron chi connectivity index (χ3n) is 3.37. The van der Waals surface area contributed by atoms with Crippen LogP contribution in [0.25, 0.3) is 10.9 Å². The van der Waals surface area contributed by atoms with Crippen molar-refractivity contribution in [3.8, 4) is 5.75 Å². The lowest BCUT2D eigenvalue weighted by Crippen LogP contribution is -2.26. The maximum atomic E-state index is 12.5. The molecule has 0 bridgehead atoms. The molecule has 0 unspecified atom stereocenters. The van der Waals surface area contributed by atoms with Crippen molar-refractivity contribution in [3.63, 3.8) is 0 Å². The summed E-state index contributed by atoms with van der Waals surface area (Å²) in [7, 11) is 1.69. The van der Waals surface area contributed by atoms with E-state index >= 15 is 0 Å². The molecule has 0 aliphatic heterocycles. The highest BCUT2D eigenvalue weighted by atomic mass is 16.3. The van der Waals surface area contributed by atoms with E-state index in [1.165, 1.54) is 4.90 Å². The van der Waals surface area contributed by atoms with Crippen LogP contribution in [0, 0.1) is 0 Å². The lowest BCUT2D eigenvalue weighted by atomic mass is 10.1. The number of phenols is 1. The number of aromatic hydroxyl groups is 1. The lowest BCUT2D eigenvalue weighted by molar-refractivity contribution is 0.0993. The van der Waals surface area contributed by atoms with Gasteiger partial charge in [-0.1, -0.05) is 12.1 Å². The molecule has 0 atom stereocenters. The maximum Gasteiger partial charge on any atom is 0.258 e. The van der Waals surface area contributed by atoms with Crippen LogP contribution in [0.3, 0.4) is 0 Å². The van der Waals surface area contributed by atoms with Gasteiger partial charge in [-0.3, -0.25) is 9.78 Å². The van der Waals surface area contributed by atoms with Gasteiger partial charge in [0.2, 0.25) is 0 Å². The summed E-state index contributed by atoms with van der Waals surface area (Å²) in [5, 5.41) is 10.4. The molecule has 1 amide bonds. The average molecular weight is 278 g/mol. The molecule has 0 radical (unpaired) electrons. The quantitative estimate of drug-likeness (QED) is 0.783. The van der Waals surface area contributed by atoms with Gasteiger partial charge in [0.05, 0.1) is 5.52 Å². The van der Waals surface area contributed by atoms with Crippen molar-refractivity contribution in [2.24, 2.45) is 0 Å². The number of fused-ring (bicyclic) bond motifs is 1. The summed E-state index contributed by atoms with van der Waals surface area (Å²) in [5.41, 5.74) is 2.08. The number of carbonyl (C=O) groups is 1. The monoisotopic (exact) mass is 278 g/mol. The second-order valence-corrected chi connectivity index (χ2v) is 4.79. The smallest absolute Gasteiger partial charge is 0.258 e. The minimum absolute atomic E-state index is 0.133. The van der Waals surface area contributed by atoms with Crippen LogP contribution in [0.15, 0.2) is 60.8 Å². The number of benzene rings is 2. The zero-order valence-corrected chi connectivity index (χ0v) is 11.5. The molecular formula is C17H14N2O2. The molecule has 104 valence electrons. The molecule has 1 aromatic heterocycles. The van der Waals surface area contributed by atoms with E-state index in [1.54, 1.807) is 43.6 Å². The standard InChI is InChI=1S/C17H14N2O2/c1-19(14-5-2-6-15(20)11-14)17(21)13-7-8-16-12(10-13)4-3-9-18-16/h2-11,20H,1H3. The largest absolute Gasteiger partial charge is 0.508 e. The molecule has 0 fully saturated rings. The number of aromatic nitrogens is 1. The molecule has 21 heavy (non-hydrogen) atoms. The van der Waals surface area contributed by atoms with Gasteiger partial charge in [0.25, 0.3) is 5.91 Å². The van der Waals surface area contributed by atoms with E-state index in [9.17, 15) is 9.90 Å². The maximum absolute atomic E-state index is 12.5. The summed E-state index contributed by atoms with van der Waals surface area (Å²) >= 11 is 0. The van der Waals surface area contributed by atoms with Crippen LogP contribution < -0.4 is 4.90 Å². The number of nitrogens with zero attached hydrogens (tertiary/aromatic N) is 2. The SMILES string of the molecule is CN(C(=O)c1ccc2ncccc2c1)c1cccc(O)c1. The molecule has 0 spiro atoms. The van der Waals surface area contributed by atoms with Gasteiger partial charge in [-0.15, -0.1) is 0 Å². The van der Waals surface area contributed by atoms with Gasteiger partial charge in [-0.25, -0.2) is 0 Å². The van der Waals surface area contributed by atoms with Gasteiger partial charge in [0, 0.05) is 35.9 Å². The Morgan fingerprint density at radius 3 is 2.76 bits per heavy atom. The van der Waals surface area contributed by atoms with Crippen molar-refractivity contribution in [1.82, 2.24) is 4.98 Å². The second kappa shape index (κ2) is 5.25. The number of hydrogen-bond donors (Lipinski definition) is 1. The Hall–Kier alpha value is -2.88. The van der Waals surface area contributed by atoms with Crippen LogP contribution >= 0.6 is 0 Å². The first-order valence-electron chi connectivity index (χ1n) is 6.57. The highest BCUT2D eigenvalue weighted by Crippen LogP contribution is 2.21. The van der Waals surface area contributed by atoms with Crippen molar-refractivity contribution < 1.29 is 9.90 Å². The zero-order chi connectivity index (χ0) is 14.8. The van der Waals surface area contributed by atoms with Crippen LogP contribution in [0.5, 0.6) is 5.75 Å². The van der Waals surface area contributed by atoms with E-state index in [2.05, 4.69) is 4.98 Å². The number of hydrogen-bond acceptors (Lipinski definition) is 3. The highest BCUT2D eigenvalue weighted by Gasteiger charge is 2.14. The first kappa shape index (κ1) is 13.1. The first-order valence-corrected chi connectivity index (χ1v) is 6.57. The molecule has 3 rings (SSSR count). The van der Waals surface area contributed by atoms with Gasteiger partial charge < -0.3 is 10.0 Å². The highest BCUT2D eigenvalue weighted by molar-refractivity contribution is 6.07. The number of phenolic OH excluding ortho intramolecular Hbond substituents is 1. The van der Waals surface area contributed by atoms with Crippen molar-refractivity contribution in [1.29, 1.82) is 0 Å². The second-order valence-electron chi connectivity index (χ2n) is 4.79. The predicted molar refractivity (Wildman–Crippen MR) is 82.6 cm³/mol. The number of pyridine rings is 1. The zero-order valence-electron chi connectivity index (χ0n) is 11.5. The summed E-state index contributed by atoms with van der Waals surface area (Å²) in [6, 6.07) is 15.8. The van der Waals surface area contributed by atoms with Crippen LogP contribution in [0.2, 0.25) is 0 Å². The van der Waals surface area contributed by atoms with E-state index in [0.717, 1.165) is 10.9 Å². The molecule has 4 heteroatoms. The molecule has 0 aliphatic carbocycles. The van der Waals surface area contributed by atoms with Gasteiger partial charge in [0.15, 0.2) is 0 Å². The summed E-state index contributed by atoms with van der Waals surface area (Å²) in [5.74, 6) is 0.00112. The van der Waals surface area contributed by atoms with Crippen LogP contribution in [-0.4, -0.2) is 23.0 Å². The van der Waals surface area contributed by atoms with Crippen LogP contribution in [0.4, 0.5) is 5.69 Å². The van der Waals surface area contributed by atoms with Crippen molar-refractivity contribution in [2.75, 3.05) is 11.9 Å². The predicted octanol–water partition coefficient (Wildman–Crippen LogP) is 3.22. The molecule has 0 saturated heterocycles. The van der Waals surface area contributed by atoms with E-state index < -0.39 is 0 Å². The minimum atomic E-state index is -0.133. The molecule has 0 aliphatic rings. The van der Waals surface area contributed by atoms with Gasteiger partial charge in [-0.2, -0.15) is 0 Å². The Bertz CT molecular complexity index is 815. The van der Waals surface area contributed by atoms with Crippen molar-refractivity contribution >= 4 is 22.5 Å². The Labute approximate surface area is 122 Å². The molecule has 3 aromatic rings. The number of rotatable bonds is 2. The molecule has 0 saturated carbocycles. The third-order valence-corrected chi connectivity index (χ3v) is 3.37. The third kappa shape index (κ3) is 2.56. The van der Waals surface area contributed by atoms with E-state index in [4.69, 9.17) is 0 Å². The number of amides is 1. The Morgan fingerprint density at radius 1 is 1.10 bits per heavy atom. The van der Waals surface area contributed by atoms with Crippen LogP contribution in [-0.2, 0) is 0 Å². The topological polar surface area (TPSA) is 53.4 Å². The number of anilines is 1. The fraction of sp³-hybridized carbons (Fsp3) is 0.0588. The summed E-state index contributed by atoms with van der Waals surface area (Å²) in [4.78, 5) is 18.3. The fourth-order valence-corrected chi connectivity index (χ4v) is 2.22. The Balaban J connectivity index is 1.96. The normalized spacial score (nSPS) is 10.5. The first-order chi connectivity index (χ1) is 10.1. The van der Waals surface area contributed by atoms with Gasteiger partial charge in [-0.05, 0) is 36.4 Å². The van der Waals surface area contributed by atoms with E-state index in [-0.39, 0.29) is 11.7 Å². The van der Waals surface area contributed by atoms with Crippen molar-refractivity contribution in [2.45, 2.75) is 0 Å². The van der Waals surface area contributed by atoms with Crippen LogP contribution in [0.1, 0.15) is 10.4 Å².